The minimum absolute atomic E-state index is 0.122. The first-order valence-corrected chi connectivity index (χ1v) is 6.97. The third-order valence-electron chi connectivity index (χ3n) is 3.30. The van der Waals surface area contributed by atoms with Crippen molar-refractivity contribution in [3.8, 4) is 5.69 Å². The van der Waals surface area contributed by atoms with Crippen LogP contribution in [-0.4, -0.2) is 33.4 Å². The van der Waals surface area contributed by atoms with E-state index in [4.69, 9.17) is 0 Å². The third kappa shape index (κ3) is 3.09. The smallest absolute Gasteiger partial charge is 0.330 e. The molecule has 2 rings (SSSR count). The average molecular weight is 297 g/mol. The fourth-order valence-corrected chi connectivity index (χ4v) is 2.29. The lowest BCUT2D eigenvalue weighted by Gasteiger charge is -2.19. The average Bonchev–Trinajstić information content (AvgIpc) is 2.85. The van der Waals surface area contributed by atoms with E-state index in [1.54, 1.807) is 47.5 Å². The zero-order chi connectivity index (χ0) is 16.1. The van der Waals surface area contributed by atoms with Crippen LogP contribution in [-0.2, 0) is 0 Å². The number of hydrogen-bond acceptors (Lipinski definition) is 2. The molecule has 0 fully saturated rings. The number of nitrogens with one attached hydrogen (secondary N) is 1. The van der Waals surface area contributed by atoms with Gasteiger partial charge < -0.3 is 9.88 Å². The Morgan fingerprint density at radius 2 is 2.00 bits per heavy atom. The van der Waals surface area contributed by atoms with E-state index >= 15 is 0 Å². The van der Waals surface area contributed by atoms with E-state index in [9.17, 15) is 9.59 Å². The molecule has 5 heteroatoms. The van der Waals surface area contributed by atoms with Crippen LogP contribution in [0.4, 0.5) is 0 Å². The largest absolute Gasteiger partial charge is 0.331 e. The molecule has 0 atom stereocenters. The van der Waals surface area contributed by atoms with E-state index in [0.29, 0.717) is 24.3 Å². The molecular weight excluding hydrogens is 278 g/mol. The number of aryl methyl sites for hydroxylation is 1. The Kier molecular flexibility index (Phi) is 4.78. The van der Waals surface area contributed by atoms with Gasteiger partial charge in [0.25, 0.3) is 5.91 Å². The summed E-state index contributed by atoms with van der Waals surface area (Å²) in [5, 5.41) is 0. The molecule has 2 aromatic rings. The van der Waals surface area contributed by atoms with E-state index < -0.39 is 0 Å². The van der Waals surface area contributed by atoms with E-state index in [-0.39, 0.29) is 11.6 Å². The molecule has 1 amide bonds. The summed E-state index contributed by atoms with van der Waals surface area (Å²) < 4.78 is 1.53. The molecule has 0 spiro atoms. The molecule has 5 nitrogen and oxygen atoms in total. The van der Waals surface area contributed by atoms with Crippen LogP contribution in [0.15, 0.2) is 60.6 Å². The number of imidazole rings is 1. The lowest BCUT2D eigenvalue weighted by atomic mass is 10.1. The van der Waals surface area contributed by atoms with Crippen LogP contribution in [0.2, 0.25) is 0 Å². The predicted molar refractivity (Wildman–Crippen MR) is 87.4 cm³/mol. The number of rotatable bonds is 6. The number of H-pyrrole nitrogens is 1. The molecule has 0 bridgehead atoms. The van der Waals surface area contributed by atoms with Crippen molar-refractivity contribution in [3.63, 3.8) is 0 Å². The molecule has 0 saturated carbocycles. The van der Waals surface area contributed by atoms with Crippen molar-refractivity contribution in [3.05, 3.63) is 77.5 Å². The third-order valence-corrected chi connectivity index (χ3v) is 3.30. The minimum Gasteiger partial charge on any atom is -0.331 e. The fourth-order valence-electron chi connectivity index (χ4n) is 2.29. The lowest BCUT2D eigenvalue weighted by Crippen LogP contribution is -2.31. The molecule has 114 valence electrons. The Morgan fingerprint density at radius 1 is 1.32 bits per heavy atom. The molecule has 0 radical (unpaired) electrons. The van der Waals surface area contributed by atoms with Gasteiger partial charge in [0, 0.05) is 30.5 Å². The molecule has 1 aromatic heterocycles. The highest BCUT2D eigenvalue weighted by molar-refractivity contribution is 5.95. The van der Waals surface area contributed by atoms with Crippen molar-refractivity contribution in [2.75, 3.05) is 13.1 Å². The Morgan fingerprint density at radius 3 is 2.55 bits per heavy atom. The molecule has 1 N–H and O–H groups in total. The van der Waals surface area contributed by atoms with Crippen LogP contribution < -0.4 is 5.69 Å². The Bertz CT molecular complexity index is 745. The van der Waals surface area contributed by atoms with Crippen LogP contribution in [0, 0.1) is 6.92 Å². The van der Waals surface area contributed by atoms with Gasteiger partial charge in [-0.15, -0.1) is 13.2 Å². The van der Waals surface area contributed by atoms with Crippen LogP contribution in [0.3, 0.4) is 0 Å². The molecular formula is C17H19N3O2. The number of aromatic amines is 1. The standard InChI is InChI=1S/C17H19N3O2/c1-4-9-19(10-5-2)16(21)14-7-6-8-15(11-14)20-13(3)12-18-17(20)22/h4-8,11-12H,1-2,9-10H2,3H3,(H,18,22). The number of carbonyl (C=O) groups excluding carboxylic acids is 1. The van der Waals surface area contributed by atoms with Gasteiger partial charge in [-0.05, 0) is 25.1 Å². The quantitative estimate of drug-likeness (QED) is 0.832. The monoisotopic (exact) mass is 297 g/mol. The maximum Gasteiger partial charge on any atom is 0.330 e. The summed E-state index contributed by atoms with van der Waals surface area (Å²) in [4.78, 5) is 28.7. The van der Waals surface area contributed by atoms with Gasteiger partial charge in [-0.3, -0.25) is 9.36 Å². The number of aromatic nitrogens is 2. The molecule has 1 aromatic carbocycles. The Balaban J connectivity index is 2.39. The van der Waals surface area contributed by atoms with Crippen molar-refractivity contribution in [2.24, 2.45) is 0 Å². The summed E-state index contributed by atoms with van der Waals surface area (Å²) in [5.74, 6) is -0.122. The zero-order valence-electron chi connectivity index (χ0n) is 12.6. The molecule has 1 heterocycles. The van der Waals surface area contributed by atoms with Gasteiger partial charge in [-0.1, -0.05) is 18.2 Å². The maximum atomic E-state index is 12.6. The normalized spacial score (nSPS) is 10.2. The SMILES string of the molecule is C=CCN(CC=C)C(=O)c1cccc(-n2c(C)c[nH]c2=O)c1. The summed E-state index contributed by atoms with van der Waals surface area (Å²) in [6.07, 6.45) is 4.98. The second kappa shape index (κ2) is 6.76. The molecule has 0 saturated heterocycles. The van der Waals surface area contributed by atoms with E-state index in [1.807, 2.05) is 6.92 Å². The Hall–Kier alpha value is -2.82. The summed E-state index contributed by atoms with van der Waals surface area (Å²) >= 11 is 0. The van der Waals surface area contributed by atoms with Crippen molar-refractivity contribution in [1.82, 2.24) is 14.5 Å². The summed E-state index contributed by atoms with van der Waals surface area (Å²) in [5.41, 5.74) is 1.74. The first-order valence-electron chi connectivity index (χ1n) is 6.97. The topological polar surface area (TPSA) is 58.1 Å². The van der Waals surface area contributed by atoms with E-state index in [0.717, 1.165) is 5.69 Å². The predicted octanol–water partition coefficient (Wildman–Crippen LogP) is 2.29. The Labute approximate surface area is 129 Å². The first kappa shape index (κ1) is 15.6. The van der Waals surface area contributed by atoms with Gasteiger partial charge >= 0.3 is 5.69 Å². The van der Waals surface area contributed by atoms with Crippen LogP contribution in [0.5, 0.6) is 0 Å². The lowest BCUT2D eigenvalue weighted by molar-refractivity contribution is 0.0791. The van der Waals surface area contributed by atoms with Crippen molar-refractivity contribution in [1.29, 1.82) is 0 Å². The van der Waals surface area contributed by atoms with Crippen molar-refractivity contribution < 1.29 is 4.79 Å². The van der Waals surface area contributed by atoms with Crippen LogP contribution in [0.25, 0.3) is 5.69 Å². The summed E-state index contributed by atoms with van der Waals surface area (Å²) in [6.45, 7) is 10.0. The summed E-state index contributed by atoms with van der Waals surface area (Å²) in [7, 11) is 0. The number of benzene rings is 1. The highest BCUT2D eigenvalue weighted by Gasteiger charge is 2.14. The van der Waals surface area contributed by atoms with Gasteiger partial charge in [0.1, 0.15) is 0 Å². The second-order valence-corrected chi connectivity index (χ2v) is 4.91. The van der Waals surface area contributed by atoms with E-state index in [2.05, 4.69) is 18.1 Å². The van der Waals surface area contributed by atoms with Crippen LogP contribution >= 0.6 is 0 Å². The van der Waals surface area contributed by atoms with Crippen LogP contribution in [0.1, 0.15) is 16.1 Å². The number of amides is 1. The highest BCUT2D eigenvalue weighted by atomic mass is 16.2. The van der Waals surface area contributed by atoms with Gasteiger partial charge in [0.2, 0.25) is 0 Å². The number of nitrogens with zero attached hydrogens (tertiary/aromatic N) is 2. The van der Waals surface area contributed by atoms with E-state index in [1.165, 1.54) is 4.57 Å². The minimum atomic E-state index is -0.226. The van der Waals surface area contributed by atoms with Gasteiger partial charge in [-0.2, -0.15) is 0 Å². The van der Waals surface area contributed by atoms with Gasteiger partial charge in [0.05, 0.1) is 5.69 Å². The molecule has 0 aliphatic heterocycles. The van der Waals surface area contributed by atoms with Gasteiger partial charge in [-0.25, -0.2) is 4.79 Å². The number of hydrogen-bond donors (Lipinski definition) is 1. The summed E-state index contributed by atoms with van der Waals surface area (Å²) in [6, 6.07) is 7.01. The maximum absolute atomic E-state index is 12.6. The molecule has 0 unspecified atom stereocenters. The number of carbonyl (C=O) groups is 1. The van der Waals surface area contributed by atoms with Crippen molar-refractivity contribution >= 4 is 5.91 Å². The molecule has 22 heavy (non-hydrogen) atoms. The van der Waals surface area contributed by atoms with Gasteiger partial charge in [0.15, 0.2) is 0 Å². The van der Waals surface area contributed by atoms with Crippen molar-refractivity contribution in [2.45, 2.75) is 6.92 Å². The first-order chi connectivity index (χ1) is 10.6. The highest BCUT2D eigenvalue weighted by Crippen LogP contribution is 2.13. The zero-order valence-corrected chi connectivity index (χ0v) is 12.6. The molecule has 0 aliphatic carbocycles. The second-order valence-electron chi connectivity index (χ2n) is 4.91. The molecule has 0 aliphatic rings. The fraction of sp³-hybridized carbons (Fsp3) is 0.176.